The second kappa shape index (κ2) is 17.3. The number of aromatic nitrogens is 1. The maximum atomic E-state index is 3.78. The van der Waals surface area contributed by atoms with Crippen LogP contribution in [0.2, 0.25) is 0 Å². The number of nitrogens with zero attached hydrogens (tertiary/aromatic N) is 1. The fraction of sp³-hybridized carbons (Fsp3) is 0.115. The molecule has 0 aliphatic heterocycles. The van der Waals surface area contributed by atoms with E-state index < -0.39 is 0 Å². The van der Waals surface area contributed by atoms with Crippen LogP contribution >= 0.6 is 0 Å². The van der Waals surface area contributed by atoms with Gasteiger partial charge in [-0.15, -0.1) is 0 Å². The summed E-state index contributed by atoms with van der Waals surface area (Å²) in [6, 6.07) is 36.5. The lowest BCUT2D eigenvalue weighted by atomic mass is 10.2. The second-order valence-electron chi connectivity index (χ2n) is 5.99. The largest absolute Gasteiger partial charge is 0.265 e. The summed E-state index contributed by atoms with van der Waals surface area (Å²) in [6.07, 6.45) is 3.50. The molecule has 4 rings (SSSR count). The minimum Gasteiger partial charge on any atom is -0.265 e. The summed E-state index contributed by atoms with van der Waals surface area (Å²) >= 11 is 0. The van der Waals surface area contributed by atoms with Crippen molar-refractivity contribution in [1.82, 2.24) is 4.98 Å². The molecule has 2 heteroatoms. The third kappa shape index (κ3) is 15.2. The minimum atomic E-state index is 0. The number of hydrogen-bond donors (Lipinski definition) is 0. The van der Waals surface area contributed by atoms with Gasteiger partial charge in [-0.2, -0.15) is 0 Å². The summed E-state index contributed by atoms with van der Waals surface area (Å²) in [5.41, 5.74) is 3.97. The van der Waals surface area contributed by atoms with E-state index in [1.807, 2.05) is 72.8 Å². The van der Waals surface area contributed by atoms with Gasteiger partial charge in [-0.1, -0.05) is 114 Å². The molecule has 0 fully saturated rings. The molecule has 28 heavy (non-hydrogen) atoms. The van der Waals surface area contributed by atoms with Gasteiger partial charge in [0.1, 0.15) is 0 Å². The molecular weight excluding hydrogens is 337 g/mol. The lowest BCUT2D eigenvalue weighted by molar-refractivity contribution is 1.33. The van der Waals surface area contributed by atoms with E-state index >= 15 is 0 Å². The summed E-state index contributed by atoms with van der Waals surface area (Å²) in [5, 5.41) is 0. The van der Waals surface area contributed by atoms with E-state index in [-0.39, 0.29) is 8.41 Å². The Morgan fingerprint density at radius 2 is 0.643 bits per heavy atom. The first-order chi connectivity index (χ1) is 13.2. The molecule has 1 heterocycles. The molecule has 0 amide bonds. The predicted octanol–water partition coefficient (Wildman–Crippen LogP) is 6.69. The number of hydrogen-bond acceptors (Lipinski definition) is 1. The lowest BCUT2D eigenvalue weighted by Gasteiger charge is -1.82. The van der Waals surface area contributed by atoms with Gasteiger partial charge >= 0.3 is 0 Å². The molecule has 141 valence electrons. The summed E-state index contributed by atoms with van der Waals surface area (Å²) in [6.45, 7) is 6.25. The van der Waals surface area contributed by atoms with Crippen molar-refractivity contribution < 1.29 is 0 Å². The highest BCUT2D eigenvalue weighted by Crippen LogP contribution is 1.93. The zero-order chi connectivity index (χ0) is 19.6. The molecule has 1 aromatic heterocycles. The molecule has 0 bridgehead atoms. The third-order valence-corrected chi connectivity index (χ3v) is 3.39. The van der Waals surface area contributed by atoms with Gasteiger partial charge in [-0.25, -0.2) is 0 Å². The van der Waals surface area contributed by atoms with Crippen LogP contribution in [0.25, 0.3) is 0 Å². The zero-order valence-corrected chi connectivity index (χ0v) is 17.1. The topological polar surface area (TPSA) is 12.9 Å². The number of benzene rings is 3. The third-order valence-electron chi connectivity index (χ3n) is 3.39. The van der Waals surface area contributed by atoms with E-state index in [2.05, 4.69) is 62.2 Å². The number of rotatable bonds is 0. The van der Waals surface area contributed by atoms with Crippen molar-refractivity contribution in [3.05, 3.63) is 138 Å². The van der Waals surface area contributed by atoms with Crippen molar-refractivity contribution in [1.29, 1.82) is 0 Å². The Labute approximate surface area is 172 Å². The van der Waals surface area contributed by atoms with E-state index in [0.29, 0.717) is 0 Å². The molecule has 0 saturated carbocycles. The van der Waals surface area contributed by atoms with Gasteiger partial charge in [0, 0.05) is 20.8 Å². The smallest absolute Gasteiger partial charge is 0.0267 e. The minimum absolute atomic E-state index is 0. The normalized spacial score (nSPS) is 8.25. The Hall–Kier alpha value is -3.13. The van der Waals surface area contributed by atoms with Crippen LogP contribution in [0.5, 0.6) is 0 Å². The van der Waals surface area contributed by atoms with E-state index in [0.717, 1.165) is 0 Å². The molecule has 0 spiro atoms. The highest BCUT2D eigenvalue weighted by molar-refractivity contribution is 5.75. The summed E-state index contributed by atoms with van der Waals surface area (Å²) in [4.78, 5) is 3.78. The monoisotopic (exact) mass is 366 g/mol. The van der Waals surface area contributed by atoms with Gasteiger partial charge in [0.2, 0.25) is 0 Å². The Morgan fingerprint density at radius 3 is 0.750 bits per heavy atom. The van der Waals surface area contributed by atoms with Gasteiger partial charge in [0.05, 0.1) is 0 Å². The van der Waals surface area contributed by atoms with Crippen LogP contribution < -0.4 is 0 Å². The van der Waals surface area contributed by atoms with Crippen molar-refractivity contribution in [2.75, 3.05) is 0 Å². The average Bonchev–Trinajstić information content (AvgIpc) is 2.73. The van der Waals surface area contributed by atoms with Gasteiger partial charge < -0.3 is 0 Å². The number of pyridine rings is 1. The Kier molecular flexibility index (Phi) is 15.4. The first-order valence-electron chi connectivity index (χ1n) is 9.08. The molecule has 1 nitrogen and oxygen atoms in total. The van der Waals surface area contributed by atoms with Crippen LogP contribution in [0.15, 0.2) is 122 Å². The molecule has 3 aromatic carbocycles. The predicted molar refractivity (Wildman–Crippen MR) is 124 cm³/mol. The van der Waals surface area contributed by atoms with Crippen LogP contribution in [0, 0.1) is 20.8 Å². The highest BCUT2D eigenvalue weighted by Gasteiger charge is 1.73. The van der Waals surface area contributed by atoms with Crippen molar-refractivity contribution >= 4 is 8.41 Å². The van der Waals surface area contributed by atoms with Crippen molar-refractivity contribution in [3.8, 4) is 0 Å². The van der Waals surface area contributed by atoms with Crippen LogP contribution in [0.3, 0.4) is 0 Å². The zero-order valence-electron chi connectivity index (χ0n) is 17.1. The summed E-state index contributed by atoms with van der Waals surface area (Å²) in [5.74, 6) is 0. The molecule has 3 radical (unpaired) electrons. The molecule has 0 atom stereocenters. The first-order valence-corrected chi connectivity index (χ1v) is 9.08. The second-order valence-corrected chi connectivity index (χ2v) is 5.99. The van der Waals surface area contributed by atoms with Crippen molar-refractivity contribution in [2.45, 2.75) is 20.8 Å². The molecule has 0 N–H and O–H groups in total. The maximum Gasteiger partial charge on any atom is 0.0267 e. The fourth-order valence-corrected chi connectivity index (χ4v) is 1.92. The van der Waals surface area contributed by atoms with Crippen LogP contribution in [-0.4, -0.2) is 13.4 Å². The van der Waals surface area contributed by atoms with E-state index in [9.17, 15) is 0 Å². The molecule has 0 unspecified atom stereocenters. The molecule has 0 saturated heterocycles. The fourth-order valence-electron chi connectivity index (χ4n) is 1.92. The average molecular weight is 366 g/mol. The quantitative estimate of drug-likeness (QED) is 0.316. The van der Waals surface area contributed by atoms with Gasteiger partial charge in [0.25, 0.3) is 0 Å². The van der Waals surface area contributed by atoms with E-state index in [1.54, 1.807) is 12.4 Å². The number of aryl methyl sites for hydroxylation is 3. The van der Waals surface area contributed by atoms with Gasteiger partial charge in [0.15, 0.2) is 0 Å². The van der Waals surface area contributed by atoms with Gasteiger partial charge in [-0.3, -0.25) is 4.98 Å². The summed E-state index contributed by atoms with van der Waals surface area (Å²) in [7, 11) is 0. The molecule has 0 aliphatic rings. The Bertz CT molecular complexity index is 673. The van der Waals surface area contributed by atoms with E-state index in [1.165, 1.54) is 16.7 Å². The van der Waals surface area contributed by atoms with Crippen LogP contribution in [-0.2, 0) is 0 Å². The SMILES string of the molecule is Cc1ccccc1.Cc1ccccc1.Cc1ccccc1.[B].c1ccncc1. The standard InChI is InChI=1S/3C7H8.C5H5N.B/c3*1-7-5-3-2-4-6-7;1-2-4-6-5-3-1;/h3*2-6H,1H3;1-5H;. The first kappa shape index (κ1) is 24.9. The molecule has 0 aliphatic carbocycles. The van der Waals surface area contributed by atoms with Crippen LogP contribution in [0.4, 0.5) is 0 Å². The lowest BCUT2D eigenvalue weighted by Crippen LogP contribution is -1.62. The highest BCUT2D eigenvalue weighted by atomic mass is 14.6. The Balaban J connectivity index is 0.000000344. The van der Waals surface area contributed by atoms with Crippen LogP contribution in [0.1, 0.15) is 16.7 Å². The van der Waals surface area contributed by atoms with E-state index in [4.69, 9.17) is 0 Å². The van der Waals surface area contributed by atoms with Crippen molar-refractivity contribution in [3.63, 3.8) is 0 Å². The summed E-state index contributed by atoms with van der Waals surface area (Å²) < 4.78 is 0. The van der Waals surface area contributed by atoms with Gasteiger partial charge in [-0.05, 0) is 32.9 Å². The molecular formula is C26H29BN. The van der Waals surface area contributed by atoms with Crippen molar-refractivity contribution in [2.24, 2.45) is 0 Å². The molecule has 4 aromatic rings. The Morgan fingerprint density at radius 1 is 0.393 bits per heavy atom. The maximum absolute atomic E-state index is 3.78.